The third-order valence-corrected chi connectivity index (χ3v) is 3.96. The van der Waals surface area contributed by atoms with Crippen LogP contribution in [-0.4, -0.2) is 35.4 Å². The summed E-state index contributed by atoms with van der Waals surface area (Å²) in [5.74, 6) is -2.40. The Labute approximate surface area is 159 Å². The van der Waals surface area contributed by atoms with Gasteiger partial charge in [-0.3, -0.25) is 9.59 Å². The van der Waals surface area contributed by atoms with E-state index in [0.29, 0.717) is 10.1 Å². The van der Waals surface area contributed by atoms with Crippen LogP contribution >= 0.6 is 11.6 Å². The van der Waals surface area contributed by atoms with Gasteiger partial charge in [0.05, 0.1) is 11.1 Å². The van der Waals surface area contributed by atoms with Gasteiger partial charge in [0.15, 0.2) is 0 Å². The molecule has 0 saturated heterocycles. The summed E-state index contributed by atoms with van der Waals surface area (Å²) in [6, 6.07) is 12.4. The molecule has 1 aliphatic heterocycles. The van der Waals surface area contributed by atoms with E-state index in [1.807, 2.05) is 0 Å². The number of urea groups is 1. The number of fused-ring (bicyclic) bond motifs is 1. The van der Waals surface area contributed by atoms with Crippen LogP contribution in [0.15, 0.2) is 48.5 Å². The maximum Gasteiger partial charge on any atom is 0.352 e. The molecule has 0 saturated carbocycles. The Morgan fingerprint density at radius 2 is 1.52 bits per heavy atom. The molecule has 2 N–H and O–H groups in total. The fraction of sp³-hybridized carbons (Fsp3) is 0.111. The normalized spacial score (nSPS) is 12.6. The largest absolute Gasteiger partial charge is 0.352 e. The zero-order valence-electron chi connectivity index (χ0n) is 13.9. The van der Waals surface area contributed by atoms with Crippen molar-refractivity contribution in [3.63, 3.8) is 0 Å². The highest BCUT2D eigenvalue weighted by molar-refractivity contribution is 6.30. The molecule has 138 valence electrons. The first-order valence-electron chi connectivity index (χ1n) is 7.90. The standard InChI is InChI=1S/C18H14ClN3O5/c19-12-7-5-11(6-8-12)9-20-18(26)21-10-15(23)27-22-16(24)13-3-1-2-4-14(13)17(22)25/h1-8H,9-10H2,(H2,20,21,26). The van der Waals surface area contributed by atoms with Crippen molar-refractivity contribution in [1.29, 1.82) is 0 Å². The minimum absolute atomic E-state index is 0.156. The molecule has 0 bridgehead atoms. The predicted molar refractivity (Wildman–Crippen MR) is 94.7 cm³/mol. The second-order valence-corrected chi connectivity index (χ2v) is 6.01. The fourth-order valence-corrected chi connectivity index (χ4v) is 2.51. The quantitative estimate of drug-likeness (QED) is 0.762. The van der Waals surface area contributed by atoms with Gasteiger partial charge in [0.25, 0.3) is 11.8 Å². The van der Waals surface area contributed by atoms with E-state index in [0.717, 1.165) is 5.56 Å². The molecule has 8 nitrogen and oxygen atoms in total. The van der Waals surface area contributed by atoms with E-state index >= 15 is 0 Å². The van der Waals surface area contributed by atoms with Crippen molar-refractivity contribution in [3.8, 4) is 0 Å². The summed E-state index contributed by atoms with van der Waals surface area (Å²) in [4.78, 5) is 52.5. The average molecular weight is 388 g/mol. The van der Waals surface area contributed by atoms with E-state index in [1.54, 1.807) is 36.4 Å². The van der Waals surface area contributed by atoms with Gasteiger partial charge < -0.3 is 15.5 Å². The number of hydrogen-bond acceptors (Lipinski definition) is 5. The number of carbonyl (C=O) groups is 4. The Bertz CT molecular complexity index is 878. The molecule has 1 aliphatic rings. The SMILES string of the molecule is O=C(NCC(=O)ON1C(=O)c2ccccc2C1=O)NCc1ccc(Cl)cc1. The van der Waals surface area contributed by atoms with E-state index in [9.17, 15) is 19.2 Å². The number of rotatable bonds is 5. The van der Waals surface area contributed by atoms with Crippen molar-refractivity contribution in [2.45, 2.75) is 6.54 Å². The Morgan fingerprint density at radius 3 is 2.11 bits per heavy atom. The van der Waals surface area contributed by atoms with Crippen molar-refractivity contribution >= 4 is 35.4 Å². The number of nitrogens with one attached hydrogen (secondary N) is 2. The Balaban J connectivity index is 1.46. The minimum Gasteiger partial charge on any atom is -0.334 e. The first kappa shape index (κ1) is 18.4. The Hall–Kier alpha value is -3.39. The molecule has 0 spiro atoms. The lowest BCUT2D eigenvalue weighted by atomic mass is 10.1. The monoisotopic (exact) mass is 387 g/mol. The molecule has 3 rings (SSSR count). The highest BCUT2D eigenvalue weighted by atomic mass is 35.5. The van der Waals surface area contributed by atoms with Gasteiger partial charge >= 0.3 is 12.0 Å². The Morgan fingerprint density at radius 1 is 0.926 bits per heavy atom. The molecular formula is C18H14ClN3O5. The number of hydroxylamine groups is 2. The summed E-state index contributed by atoms with van der Waals surface area (Å²) in [7, 11) is 0. The van der Waals surface area contributed by atoms with Gasteiger partial charge in [0.1, 0.15) is 6.54 Å². The first-order chi connectivity index (χ1) is 13.0. The highest BCUT2D eigenvalue weighted by Gasteiger charge is 2.38. The zero-order valence-corrected chi connectivity index (χ0v) is 14.7. The molecule has 0 unspecified atom stereocenters. The predicted octanol–water partition coefficient (Wildman–Crippen LogP) is 1.89. The number of benzene rings is 2. The summed E-state index contributed by atoms with van der Waals surface area (Å²) in [5.41, 5.74) is 1.14. The Kier molecular flexibility index (Phi) is 5.37. The molecule has 0 atom stereocenters. The number of halogens is 1. The van der Waals surface area contributed by atoms with E-state index in [2.05, 4.69) is 10.6 Å². The molecular weight excluding hydrogens is 374 g/mol. The molecule has 9 heteroatoms. The van der Waals surface area contributed by atoms with Gasteiger partial charge in [-0.1, -0.05) is 40.9 Å². The van der Waals surface area contributed by atoms with Gasteiger partial charge in [-0.25, -0.2) is 9.59 Å². The van der Waals surface area contributed by atoms with Crippen molar-refractivity contribution in [2.24, 2.45) is 0 Å². The molecule has 0 aromatic heterocycles. The number of hydrogen-bond donors (Lipinski definition) is 2. The van der Waals surface area contributed by atoms with Crippen LogP contribution in [-0.2, 0) is 16.2 Å². The molecule has 0 aliphatic carbocycles. The van der Waals surface area contributed by atoms with Crippen molar-refractivity contribution in [2.75, 3.05) is 6.54 Å². The molecule has 2 aromatic carbocycles. The van der Waals surface area contributed by atoms with Gasteiger partial charge in [0.2, 0.25) is 0 Å². The van der Waals surface area contributed by atoms with Crippen molar-refractivity contribution < 1.29 is 24.0 Å². The van der Waals surface area contributed by atoms with Gasteiger partial charge in [-0.15, -0.1) is 0 Å². The minimum atomic E-state index is -0.953. The van der Waals surface area contributed by atoms with E-state index < -0.39 is 30.4 Å². The summed E-state index contributed by atoms with van der Waals surface area (Å²) in [5, 5.41) is 5.81. The number of nitrogens with zero attached hydrogens (tertiary/aromatic N) is 1. The van der Waals surface area contributed by atoms with Crippen LogP contribution in [0, 0.1) is 0 Å². The molecule has 0 fully saturated rings. The first-order valence-corrected chi connectivity index (χ1v) is 8.28. The number of carbonyl (C=O) groups excluding carboxylic acids is 4. The molecule has 27 heavy (non-hydrogen) atoms. The maximum absolute atomic E-state index is 12.1. The van der Waals surface area contributed by atoms with Gasteiger partial charge in [-0.05, 0) is 29.8 Å². The summed E-state index contributed by atoms with van der Waals surface area (Å²) in [6.45, 7) is -0.281. The number of imide groups is 1. The smallest absolute Gasteiger partial charge is 0.334 e. The van der Waals surface area contributed by atoms with Crippen LogP contribution in [0.4, 0.5) is 4.79 Å². The van der Waals surface area contributed by atoms with E-state index in [1.165, 1.54) is 12.1 Å². The topological polar surface area (TPSA) is 105 Å². The van der Waals surface area contributed by atoms with Crippen molar-refractivity contribution in [3.05, 3.63) is 70.2 Å². The van der Waals surface area contributed by atoms with E-state index in [4.69, 9.17) is 16.4 Å². The lowest BCUT2D eigenvalue weighted by molar-refractivity contribution is -0.167. The third kappa shape index (κ3) is 4.24. The molecule has 2 aromatic rings. The second-order valence-electron chi connectivity index (χ2n) is 5.58. The molecule has 4 amide bonds. The van der Waals surface area contributed by atoms with Crippen LogP contribution in [0.25, 0.3) is 0 Å². The van der Waals surface area contributed by atoms with Crippen LogP contribution in [0.1, 0.15) is 26.3 Å². The summed E-state index contributed by atoms with van der Waals surface area (Å²) >= 11 is 5.78. The maximum atomic E-state index is 12.1. The summed E-state index contributed by atoms with van der Waals surface area (Å²) < 4.78 is 0. The van der Waals surface area contributed by atoms with E-state index in [-0.39, 0.29) is 17.7 Å². The van der Waals surface area contributed by atoms with Crippen molar-refractivity contribution in [1.82, 2.24) is 15.7 Å². The fourth-order valence-electron chi connectivity index (χ4n) is 2.38. The molecule has 1 heterocycles. The zero-order chi connectivity index (χ0) is 19.4. The number of amides is 4. The lowest BCUT2D eigenvalue weighted by Crippen LogP contribution is -2.41. The lowest BCUT2D eigenvalue weighted by Gasteiger charge is -2.13. The van der Waals surface area contributed by atoms with Gasteiger partial charge in [0, 0.05) is 11.6 Å². The second kappa shape index (κ2) is 7.88. The van der Waals surface area contributed by atoms with Gasteiger partial charge in [-0.2, -0.15) is 0 Å². The molecule has 0 radical (unpaired) electrons. The van der Waals surface area contributed by atoms with Crippen LogP contribution in [0.2, 0.25) is 5.02 Å². The summed E-state index contributed by atoms with van der Waals surface area (Å²) in [6.07, 6.45) is 0. The highest BCUT2D eigenvalue weighted by Crippen LogP contribution is 2.22. The van der Waals surface area contributed by atoms with Crippen LogP contribution < -0.4 is 10.6 Å². The van der Waals surface area contributed by atoms with Crippen LogP contribution in [0.5, 0.6) is 0 Å². The van der Waals surface area contributed by atoms with Crippen LogP contribution in [0.3, 0.4) is 0 Å². The average Bonchev–Trinajstić information content (AvgIpc) is 2.91. The third-order valence-electron chi connectivity index (χ3n) is 3.71.